The van der Waals surface area contributed by atoms with E-state index in [0.717, 1.165) is 37.9 Å². The summed E-state index contributed by atoms with van der Waals surface area (Å²) in [6.45, 7) is 0. The highest BCUT2D eigenvalue weighted by atomic mass is 79.9. The van der Waals surface area contributed by atoms with Gasteiger partial charge in [0.2, 0.25) is 5.91 Å². The molecule has 0 heterocycles. The van der Waals surface area contributed by atoms with Gasteiger partial charge in [0, 0.05) is 17.3 Å². The topological polar surface area (TPSA) is 38.3 Å². The third-order valence-corrected chi connectivity index (χ3v) is 4.74. The molecule has 1 fully saturated rings. The second kappa shape index (κ2) is 7.67. The molecule has 1 aromatic rings. The monoisotopic (exact) mass is 339 g/mol. The minimum Gasteiger partial charge on any atom is -0.497 e. The fourth-order valence-electron chi connectivity index (χ4n) is 2.55. The van der Waals surface area contributed by atoms with Crippen LogP contribution in [0.15, 0.2) is 24.3 Å². The fraction of sp³-hybridized carbons (Fsp3) is 0.562. The molecular weight excluding hydrogens is 318 g/mol. The number of rotatable bonds is 5. The molecule has 0 radical (unpaired) electrons. The molecule has 0 saturated heterocycles. The number of methoxy groups -OCH3 is 1. The number of aryl methyl sites for hydroxylation is 1. The normalized spacial score (nSPS) is 22.3. The van der Waals surface area contributed by atoms with Crippen LogP contribution < -0.4 is 10.1 Å². The molecule has 4 heteroatoms. The molecule has 0 unspecified atom stereocenters. The standard InChI is InChI=1S/C16H22BrNO2/c1-20-15-9-2-12(3-10-15)4-11-16(19)18-14-7-5-13(17)6-8-14/h2-3,9-10,13-14H,4-8,11H2,1H3,(H,18,19). The third kappa shape index (κ3) is 4.82. The van der Waals surface area contributed by atoms with Gasteiger partial charge in [0.25, 0.3) is 0 Å². The van der Waals surface area contributed by atoms with Gasteiger partial charge in [-0.15, -0.1) is 0 Å². The first-order valence-electron chi connectivity index (χ1n) is 7.23. The Balaban J connectivity index is 1.71. The van der Waals surface area contributed by atoms with E-state index >= 15 is 0 Å². The predicted molar refractivity (Wildman–Crippen MR) is 84.4 cm³/mol. The van der Waals surface area contributed by atoms with Crippen molar-refractivity contribution in [3.8, 4) is 5.75 Å². The van der Waals surface area contributed by atoms with Crippen LogP contribution >= 0.6 is 15.9 Å². The fourth-order valence-corrected chi connectivity index (χ4v) is 3.08. The van der Waals surface area contributed by atoms with Gasteiger partial charge in [-0.3, -0.25) is 4.79 Å². The molecule has 0 atom stereocenters. The molecule has 0 spiro atoms. The van der Waals surface area contributed by atoms with Crippen LogP contribution in [0.5, 0.6) is 5.75 Å². The van der Waals surface area contributed by atoms with Gasteiger partial charge in [-0.05, 0) is 49.8 Å². The molecule has 110 valence electrons. The first kappa shape index (κ1) is 15.4. The number of hydrogen-bond donors (Lipinski definition) is 1. The maximum Gasteiger partial charge on any atom is 0.220 e. The number of benzene rings is 1. The minimum atomic E-state index is 0.166. The van der Waals surface area contributed by atoms with Crippen LogP contribution in [0.4, 0.5) is 0 Å². The Bertz CT molecular complexity index is 425. The van der Waals surface area contributed by atoms with E-state index in [4.69, 9.17) is 4.74 Å². The average Bonchev–Trinajstić information content (AvgIpc) is 2.48. The molecule has 1 amide bonds. The molecule has 0 bridgehead atoms. The Morgan fingerprint density at radius 2 is 1.90 bits per heavy atom. The predicted octanol–water partition coefficient (Wildman–Crippen LogP) is 3.45. The van der Waals surface area contributed by atoms with Gasteiger partial charge in [-0.1, -0.05) is 28.1 Å². The number of hydrogen-bond acceptors (Lipinski definition) is 2. The molecular formula is C16H22BrNO2. The van der Waals surface area contributed by atoms with Crippen LogP contribution in [0, 0.1) is 0 Å². The number of ether oxygens (including phenoxy) is 1. The molecule has 1 N–H and O–H groups in total. The van der Waals surface area contributed by atoms with Crippen molar-refractivity contribution in [1.82, 2.24) is 5.32 Å². The van der Waals surface area contributed by atoms with Crippen LogP contribution in [-0.4, -0.2) is 23.9 Å². The Morgan fingerprint density at radius 1 is 1.25 bits per heavy atom. The maximum absolute atomic E-state index is 11.9. The van der Waals surface area contributed by atoms with E-state index in [0.29, 0.717) is 17.3 Å². The molecule has 1 saturated carbocycles. The quantitative estimate of drug-likeness (QED) is 0.834. The Labute approximate surface area is 129 Å². The van der Waals surface area contributed by atoms with Crippen LogP contribution in [0.25, 0.3) is 0 Å². The zero-order valence-corrected chi connectivity index (χ0v) is 13.5. The Kier molecular flexibility index (Phi) is 5.89. The maximum atomic E-state index is 11.9. The minimum absolute atomic E-state index is 0.166. The summed E-state index contributed by atoms with van der Waals surface area (Å²) in [5.41, 5.74) is 1.17. The van der Waals surface area contributed by atoms with Crippen molar-refractivity contribution >= 4 is 21.8 Å². The zero-order chi connectivity index (χ0) is 14.4. The summed E-state index contributed by atoms with van der Waals surface area (Å²) in [7, 11) is 1.66. The average molecular weight is 340 g/mol. The molecule has 0 aliphatic heterocycles. The lowest BCUT2D eigenvalue weighted by molar-refractivity contribution is -0.121. The van der Waals surface area contributed by atoms with Gasteiger partial charge >= 0.3 is 0 Å². The van der Waals surface area contributed by atoms with Crippen LogP contribution in [0.1, 0.15) is 37.7 Å². The number of nitrogens with one attached hydrogen (secondary N) is 1. The van der Waals surface area contributed by atoms with Gasteiger partial charge in [-0.2, -0.15) is 0 Å². The lowest BCUT2D eigenvalue weighted by Crippen LogP contribution is -2.37. The lowest BCUT2D eigenvalue weighted by Gasteiger charge is -2.26. The highest BCUT2D eigenvalue weighted by Gasteiger charge is 2.20. The van der Waals surface area contributed by atoms with E-state index in [-0.39, 0.29) is 5.91 Å². The molecule has 20 heavy (non-hydrogen) atoms. The van der Waals surface area contributed by atoms with Crippen LogP contribution in [0.3, 0.4) is 0 Å². The molecule has 2 rings (SSSR count). The number of carbonyl (C=O) groups excluding carboxylic acids is 1. The van der Waals surface area contributed by atoms with Crippen LogP contribution in [0.2, 0.25) is 0 Å². The number of amides is 1. The highest BCUT2D eigenvalue weighted by Crippen LogP contribution is 2.24. The first-order valence-corrected chi connectivity index (χ1v) is 8.15. The molecule has 1 aromatic carbocycles. The van der Waals surface area contributed by atoms with Crippen molar-refractivity contribution in [2.24, 2.45) is 0 Å². The summed E-state index contributed by atoms with van der Waals surface area (Å²) < 4.78 is 5.12. The Morgan fingerprint density at radius 3 is 2.50 bits per heavy atom. The summed E-state index contributed by atoms with van der Waals surface area (Å²) in [5.74, 6) is 1.02. The third-order valence-electron chi connectivity index (χ3n) is 3.82. The highest BCUT2D eigenvalue weighted by molar-refractivity contribution is 9.09. The molecule has 0 aromatic heterocycles. The second-order valence-corrected chi connectivity index (χ2v) is 6.66. The lowest BCUT2D eigenvalue weighted by atomic mass is 9.95. The number of alkyl halides is 1. The largest absolute Gasteiger partial charge is 0.497 e. The summed E-state index contributed by atoms with van der Waals surface area (Å²) in [6, 6.07) is 8.27. The van der Waals surface area contributed by atoms with E-state index < -0.39 is 0 Å². The van der Waals surface area contributed by atoms with E-state index in [1.165, 1.54) is 5.56 Å². The van der Waals surface area contributed by atoms with Crippen molar-refractivity contribution in [1.29, 1.82) is 0 Å². The summed E-state index contributed by atoms with van der Waals surface area (Å²) >= 11 is 3.63. The smallest absolute Gasteiger partial charge is 0.220 e. The van der Waals surface area contributed by atoms with Crippen molar-refractivity contribution in [3.05, 3.63) is 29.8 Å². The number of halogens is 1. The van der Waals surface area contributed by atoms with E-state index in [9.17, 15) is 4.79 Å². The van der Waals surface area contributed by atoms with Gasteiger partial charge in [0.1, 0.15) is 5.75 Å². The van der Waals surface area contributed by atoms with E-state index in [2.05, 4.69) is 21.2 Å². The van der Waals surface area contributed by atoms with Gasteiger partial charge in [0.15, 0.2) is 0 Å². The number of carbonyl (C=O) groups is 1. The van der Waals surface area contributed by atoms with Gasteiger partial charge in [0.05, 0.1) is 7.11 Å². The van der Waals surface area contributed by atoms with Crippen molar-refractivity contribution < 1.29 is 9.53 Å². The summed E-state index contributed by atoms with van der Waals surface area (Å²) in [5, 5.41) is 3.15. The van der Waals surface area contributed by atoms with Crippen molar-refractivity contribution in [2.45, 2.75) is 49.4 Å². The molecule has 3 nitrogen and oxygen atoms in total. The second-order valence-electron chi connectivity index (χ2n) is 5.36. The SMILES string of the molecule is COc1ccc(CCC(=O)NC2CCC(Br)CC2)cc1. The summed E-state index contributed by atoms with van der Waals surface area (Å²) in [6.07, 6.45) is 5.82. The van der Waals surface area contributed by atoms with Crippen molar-refractivity contribution in [3.63, 3.8) is 0 Å². The van der Waals surface area contributed by atoms with Crippen molar-refractivity contribution in [2.75, 3.05) is 7.11 Å². The van der Waals surface area contributed by atoms with E-state index in [1.54, 1.807) is 7.11 Å². The van der Waals surface area contributed by atoms with Crippen LogP contribution in [-0.2, 0) is 11.2 Å². The van der Waals surface area contributed by atoms with E-state index in [1.807, 2.05) is 24.3 Å². The molecule has 1 aliphatic rings. The first-order chi connectivity index (χ1) is 9.67. The summed E-state index contributed by atoms with van der Waals surface area (Å²) in [4.78, 5) is 12.6. The molecule has 1 aliphatic carbocycles. The van der Waals surface area contributed by atoms with Gasteiger partial charge in [-0.25, -0.2) is 0 Å². The van der Waals surface area contributed by atoms with Gasteiger partial charge < -0.3 is 10.1 Å². The Hall–Kier alpha value is -1.03. The zero-order valence-electron chi connectivity index (χ0n) is 11.9.